The molecule has 2 aromatic heterocycles. The lowest BCUT2D eigenvalue weighted by molar-refractivity contribution is -0.138. The van der Waals surface area contributed by atoms with Gasteiger partial charge < -0.3 is 16.4 Å². The van der Waals surface area contributed by atoms with Crippen LogP contribution in [0.5, 0.6) is 0 Å². The fourth-order valence-corrected chi connectivity index (χ4v) is 4.76. The molecule has 1 fully saturated rings. The van der Waals surface area contributed by atoms with Crippen molar-refractivity contribution in [2.24, 2.45) is 5.73 Å². The highest BCUT2D eigenvalue weighted by Gasteiger charge is 2.34. The fraction of sp³-hybridized carbons (Fsp3) is 0.276. The summed E-state index contributed by atoms with van der Waals surface area (Å²) >= 11 is 0. The number of aryl methyl sites for hydroxylation is 1. The van der Waals surface area contributed by atoms with E-state index in [0.29, 0.717) is 36.1 Å². The lowest BCUT2D eigenvalue weighted by atomic mass is 10.0. The number of halogens is 3. The molecule has 0 saturated carbocycles. The van der Waals surface area contributed by atoms with E-state index in [1.54, 1.807) is 42.9 Å². The Bertz CT molecular complexity index is 1530. The van der Waals surface area contributed by atoms with Gasteiger partial charge in [-0.25, -0.2) is 19.9 Å². The summed E-state index contributed by atoms with van der Waals surface area (Å²) in [6, 6.07) is 10.5. The lowest BCUT2D eigenvalue weighted by Crippen LogP contribution is -2.42. The summed E-state index contributed by atoms with van der Waals surface area (Å²) in [6.45, 7) is 3.22. The minimum atomic E-state index is -4.61. The Hall–Kier alpha value is -4.42. The fourth-order valence-electron chi connectivity index (χ4n) is 4.76. The van der Waals surface area contributed by atoms with Crippen LogP contribution in [-0.4, -0.2) is 49.9 Å². The van der Waals surface area contributed by atoms with Crippen molar-refractivity contribution < 1.29 is 18.0 Å². The van der Waals surface area contributed by atoms with Gasteiger partial charge in [-0.1, -0.05) is 12.1 Å². The van der Waals surface area contributed by atoms with Gasteiger partial charge in [0, 0.05) is 60.2 Å². The maximum Gasteiger partial charge on any atom is 0.416 e. The number of alkyl halides is 3. The van der Waals surface area contributed by atoms with E-state index in [1.807, 2.05) is 11.8 Å². The van der Waals surface area contributed by atoms with Crippen molar-refractivity contribution in [3.8, 4) is 11.3 Å². The zero-order valence-electron chi connectivity index (χ0n) is 22.3. The molecule has 5 rings (SSSR count). The van der Waals surface area contributed by atoms with E-state index >= 15 is 0 Å². The molecule has 0 spiro atoms. The topological polar surface area (TPSA) is 122 Å². The third-order valence-electron chi connectivity index (χ3n) is 6.87. The third-order valence-corrected chi connectivity index (χ3v) is 6.87. The number of carbonyl (C=O) groups is 1. The second kappa shape index (κ2) is 12.0. The predicted octanol–water partition coefficient (Wildman–Crippen LogP) is 5.18. The molecule has 4 N–H and O–H groups in total. The zero-order chi connectivity index (χ0) is 29.0. The summed E-state index contributed by atoms with van der Waals surface area (Å²) < 4.78 is 42.0. The summed E-state index contributed by atoms with van der Waals surface area (Å²) in [4.78, 5) is 31.7. The molecule has 1 aliphatic rings. The summed E-state index contributed by atoms with van der Waals surface area (Å²) in [7, 11) is 0. The molecule has 12 heteroatoms. The Kier molecular flexibility index (Phi) is 8.22. The number of rotatable bonds is 7. The molecule has 41 heavy (non-hydrogen) atoms. The maximum absolute atomic E-state index is 14.0. The Labute approximate surface area is 235 Å². The molecule has 1 amide bonds. The quantitative estimate of drug-likeness (QED) is 0.282. The largest absolute Gasteiger partial charge is 0.416 e. The van der Waals surface area contributed by atoms with Crippen molar-refractivity contribution >= 4 is 23.2 Å². The van der Waals surface area contributed by atoms with E-state index in [0.717, 1.165) is 30.0 Å². The van der Waals surface area contributed by atoms with Crippen LogP contribution < -0.4 is 16.4 Å². The number of nitrogens with zero attached hydrogens (tertiary/aromatic N) is 5. The minimum absolute atomic E-state index is 0.0500. The molecule has 1 atom stereocenters. The van der Waals surface area contributed by atoms with Crippen LogP contribution in [0, 0.1) is 6.92 Å². The van der Waals surface area contributed by atoms with E-state index in [9.17, 15) is 18.0 Å². The molecular formula is C29H29F3N8O. The number of benzene rings is 2. The van der Waals surface area contributed by atoms with Gasteiger partial charge >= 0.3 is 6.18 Å². The normalized spacial score (nSPS) is 15.9. The zero-order valence-corrected chi connectivity index (χ0v) is 22.3. The van der Waals surface area contributed by atoms with Crippen LogP contribution in [0.15, 0.2) is 67.4 Å². The SMILES string of the molecule is Cc1ccc(NC(=O)c2ccc(CN3CCCC(N)C3)c(C(F)(F)F)c2)cc1Nc1nccc(-c2cncnc2)n1. The van der Waals surface area contributed by atoms with Crippen LogP contribution in [0.3, 0.4) is 0 Å². The molecule has 2 aromatic carbocycles. The second-order valence-electron chi connectivity index (χ2n) is 10.0. The number of hydrogen-bond donors (Lipinski definition) is 3. The molecule has 9 nitrogen and oxygen atoms in total. The number of hydrogen-bond acceptors (Lipinski definition) is 8. The second-order valence-corrected chi connectivity index (χ2v) is 10.0. The van der Waals surface area contributed by atoms with Gasteiger partial charge in [-0.05, 0) is 67.8 Å². The Morgan fingerprint density at radius 2 is 1.93 bits per heavy atom. The van der Waals surface area contributed by atoms with Crippen LogP contribution in [0.4, 0.5) is 30.5 Å². The van der Waals surface area contributed by atoms with Gasteiger partial charge in [0.25, 0.3) is 5.91 Å². The van der Waals surface area contributed by atoms with Crippen LogP contribution in [0.2, 0.25) is 0 Å². The first-order valence-electron chi connectivity index (χ1n) is 13.1. The lowest BCUT2D eigenvalue weighted by Gasteiger charge is -2.31. The minimum Gasteiger partial charge on any atom is -0.327 e. The van der Waals surface area contributed by atoms with E-state index in [4.69, 9.17) is 5.73 Å². The highest BCUT2D eigenvalue weighted by molar-refractivity contribution is 6.04. The van der Waals surface area contributed by atoms with Gasteiger partial charge in [-0.3, -0.25) is 9.69 Å². The number of likely N-dealkylation sites (tertiary alicyclic amines) is 1. The Morgan fingerprint density at radius 3 is 2.68 bits per heavy atom. The van der Waals surface area contributed by atoms with Gasteiger partial charge in [0.15, 0.2) is 0 Å². The van der Waals surface area contributed by atoms with Crippen LogP contribution in [0.25, 0.3) is 11.3 Å². The van der Waals surface area contributed by atoms with Crippen LogP contribution >= 0.6 is 0 Å². The summed E-state index contributed by atoms with van der Waals surface area (Å²) in [5.41, 5.74) is 8.42. The number of amides is 1. The van der Waals surface area contributed by atoms with Crippen molar-refractivity contribution in [3.05, 3.63) is 89.6 Å². The van der Waals surface area contributed by atoms with Crippen LogP contribution in [-0.2, 0) is 12.7 Å². The van der Waals surface area contributed by atoms with E-state index < -0.39 is 17.6 Å². The average molecular weight is 563 g/mol. The van der Waals surface area contributed by atoms with E-state index in [1.165, 1.54) is 18.5 Å². The number of anilines is 3. The van der Waals surface area contributed by atoms with Gasteiger partial charge in [-0.15, -0.1) is 0 Å². The first kappa shape index (κ1) is 28.1. The molecule has 212 valence electrons. The van der Waals surface area contributed by atoms with Crippen molar-refractivity contribution in [3.63, 3.8) is 0 Å². The highest BCUT2D eigenvalue weighted by Crippen LogP contribution is 2.34. The number of piperidine rings is 1. The van der Waals surface area contributed by atoms with Crippen molar-refractivity contribution in [2.45, 2.75) is 38.5 Å². The molecule has 0 radical (unpaired) electrons. The van der Waals surface area contributed by atoms with Crippen LogP contribution in [0.1, 0.15) is 39.9 Å². The molecule has 1 aliphatic heterocycles. The molecule has 0 bridgehead atoms. The van der Waals surface area contributed by atoms with E-state index in [2.05, 4.69) is 30.6 Å². The number of carbonyl (C=O) groups excluding carboxylic acids is 1. The standard InChI is InChI=1S/C29H29F3N8O/c1-18-4-7-23(12-26(18)39-28-36-9-8-25(38-28)21-13-34-17-35-14-21)37-27(41)19-5-6-20(24(11-19)29(30,31)32)15-40-10-2-3-22(33)16-40/h4-9,11-14,17,22H,2-3,10,15-16,33H2,1H3,(H,37,41)(H,36,38,39). The molecule has 3 heterocycles. The molecule has 0 aliphatic carbocycles. The van der Waals surface area contributed by atoms with Gasteiger partial charge in [0.2, 0.25) is 5.95 Å². The molecule has 1 saturated heterocycles. The summed E-state index contributed by atoms with van der Waals surface area (Å²) in [5, 5.41) is 5.84. The monoisotopic (exact) mass is 562 g/mol. The number of aromatic nitrogens is 4. The van der Waals surface area contributed by atoms with Crippen molar-refractivity contribution in [1.82, 2.24) is 24.8 Å². The van der Waals surface area contributed by atoms with Gasteiger partial charge in [-0.2, -0.15) is 13.2 Å². The number of nitrogens with two attached hydrogens (primary N) is 1. The van der Waals surface area contributed by atoms with Gasteiger partial charge in [0.1, 0.15) is 6.33 Å². The first-order chi connectivity index (χ1) is 19.7. The first-order valence-corrected chi connectivity index (χ1v) is 13.1. The third kappa shape index (κ3) is 7.02. The molecule has 1 unspecified atom stereocenters. The summed E-state index contributed by atoms with van der Waals surface area (Å²) in [5.74, 6) is -0.336. The summed E-state index contributed by atoms with van der Waals surface area (Å²) in [6.07, 6.45) is 3.40. The molecule has 4 aromatic rings. The average Bonchev–Trinajstić information content (AvgIpc) is 2.95. The van der Waals surface area contributed by atoms with Crippen molar-refractivity contribution in [1.29, 1.82) is 0 Å². The van der Waals surface area contributed by atoms with Crippen molar-refractivity contribution in [2.75, 3.05) is 23.7 Å². The predicted molar refractivity (Wildman–Crippen MR) is 149 cm³/mol. The molecular weight excluding hydrogens is 533 g/mol. The Balaban J connectivity index is 1.33. The Morgan fingerprint density at radius 1 is 1.12 bits per heavy atom. The highest BCUT2D eigenvalue weighted by atomic mass is 19.4. The van der Waals surface area contributed by atoms with Gasteiger partial charge in [0.05, 0.1) is 11.3 Å². The smallest absolute Gasteiger partial charge is 0.327 e. The van der Waals surface area contributed by atoms with E-state index in [-0.39, 0.29) is 23.7 Å². The maximum atomic E-state index is 14.0. The number of nitrogens with one attached hydrogen (secondary N) is 2.